The lowest BCUT2D eigenvalue weighted by atomic mass is 9.77. The van der Waals surface area contributed by atoms with E-state index in [2.05, 4.69) is 21.6 Å². The minimum Gasteiger partial charge on any atom is -0.332 e. The highest BCUT2D eigenvalue weighted by Crippen LogP contribution is 2.32. The Morgan fingerprint density at radius 1 is 1.60 bits per heavy atom. The molecule has 20 heavy (non-hydrogen) atoms. The van der Waals surface area contributed by atoms with Crippen LogP contribution in [0.4, 0.5) is 0 Å². The smallest absolute Gasteiger partial charge is 0.258 e. The summed E-state index contributed by atoms with van der Waals surface area (Å²) in [7, 11) is -3.59. The van der Waals surface area contributed by atoms with E-state index in [1.54, 1.807) is 0 Å². The van der Waals surface area contributed by atoms with Gasteiger partial charge in [-0.3, -0.25) is 0 Å². The number of rotatable bonds is 5. The molecule has 1 aliphatic carbocycles. The lowest BCUT2D eigenvalue weighted by Gasteiger charge is -2.39. The summed E-state index contributed by atoms with van der Waals surface area (Å²) in [4.78, 5) is 6.89. The first kappa shape index (κ1) is 15.5. The SMILES string of the molecule is CCc1ncc(S(=O)(=O)NC2(CN)CCCC(C)C2)[nH]1. The second kappa shape index (κ2) is 5.83. The van der Waals surface area contributed by atoms with Crippen LogP contribution >= 0.6 is 0 Å². The highest BCUT2D eigenvalue weighted by molar-refractivity contribution is 7.89. The first-order valence-corrected chi connectivity index (χ1v) is 8.67. The van der Waals surface area contributed by atoms with Crippen LogP contribution in [0.2, 0.25) is 0 Å². The summed E-state index contributed by atoms with van der Waals surface area (Å²) < 4.78 is 27.7. The van der Waals surface area contributed by atoms with Gasteiger partial charge in [0.1, 0.15) is 5.82 Å². The number of H-pyrrole nitrogens is 1. The molecular formula is C13H24N4O2S. The van der Waals surface area contributed by atoms with Crippen molar-refractivity contribution >= 4 is 10.0 Å². The van der Waals surface area contributed by atoms with Crippen molar-refractivity contribution in [1.82, 2.24) is 14.7 Å². The van der Waals surface area contributed by atoms with E-state index in [1.807, 2.05) is 6.92 Å². The minimum atomic E-state index is -3.59. The van der Waals surface area contributed by atoms with Crippen LogP contribution in [0.5, 0.6) is 0 Å². The molecule has 2 atom stereocenters. The summed E-state index contributed by atoms with van der Waals surface area (Å²) >= 11 is 0. The number of sulfonamides is 1. The molecule has 2 rings (SSSR count). The molecule has 0 bridgehead atoms. The summed E-state index contributed by atoms with van der Waals surface area (Å²) in [6.07, 6.45) is 5.77. The van der Waals surface area contributed by atoms with Gasteiger partial charge in [0.2, 0.25) is 0 Å². The normalized spacial score (nSPS) is 27.6. The van der Waals surface area contributed by atoms with Crippen LogP contribution in [-0.4, -0.2) is 30.5 Å². The third-order valence-corrected chi connectivity index (χ3v) is 5.55. The predicted octanol–water partition coefficient (Wildman–Crippen LogP) is 1.16. The van der Waals surface area contributed by atoms with Gasteiger partial charge in [0.15, 0.2) is 5.03 Å². The van der Waals surface area contributed by atoms with E-state index in [0.717, 1.165) is 25.7 Å². The van der Waals surface area contributed by atoms with Gasteiger partial charge in [0.05, 0.1) is 6.20 Å². The second-order valence-electron chi connectivity index (χ2n) is 5.84. The molecule has 2 unspecified atom stereocenters. The monoisotopic (exact) mass is 300 g/mol. The molecule has 1 aromatic heterocycles. The van der Waals surface area contributed by atoms with Crippen molar-refractivity contribution in [3.05, 3.63) is 12.0 Å². The molecule has 0 amide bonds. The fourth-order valence-corrected chi connectivity index (χ4v) is 4.37. The molecule has 0 spiro atoms. The lowest BCUT2D eigenvalue weighted by Crippen LogP contribution is -2.55. The van der Waals surface area contributed by atoms with Gasteiger partial charge in [-0.1, -0.05) is 26.7 Å². The van der Waals surface area contributed by atoms with E-state index in [4.69, 9.17) is 5.73 Å². The standard InChI is InChI=1S/C13H24N4O2S/c1-3-11-15-8-12(16-11)20(18,19)17-13(9-14)6-4-5-10(2)7-13/h8,10,17H,3-7,9,14H2,1-2H3,(H,15,16). The molecule has 1 saturated carbocycles. The van der Waals surface area contributed by atoms with Gasteiger partial charge in [-0.2, -0.15) is 0 Å². The largest absolute Gasteiger partial charge is 0.332 e. The lowest BCUT2D eigenvalue weighted by molar-refractivity contribution is 0.222. The molecule has 1 fully saturated rings. The number of imidazole rings is 1. The van der Waals surface area contributed by atoms with Crippen molar-refractivity contribution < 1.29 is 8.42 Å². The van der Waals surface area contributed by atoms with Gasteiger partial charge in [0, 0.05) is 18.5 Å². The minimum absolute atomic E-state index is 0.125. The van der Waals surface area contributed by atoms with E-state index in [0.29, 0.717) is 24.7 Å². The van der Waals surface area contributed by atoms with Crippen molar-refractivity contribution in [1.29, 1.82) is 0 Å². The molecule has 0 radical (unpaired) electrons. The Morgan fingerprint density at radius 3 is 2.90 bits per heavy atom. The fraction of sp³-hybridized carbons (Fsp3) is 0.769. The maximum absolute atomic E-state index is 12.5. The van der Waals surface area contributed by atoms with E-state index in [9.17, 15) is 8.42 Å². The van der Waals surface area contributed by atoms with Crippen LogP contribution in [0.25, 0.3) is 0 Å². The molecule has 0 aliphatic heterocycles. The Bertz CT molecular complexity index is 554. The second-order valence-corrected chi connectivity index (χ2v) is 7.49. The molecule has 0 aromatic carbocycles. The summed E-state index contributed by atoms with van der Waals surface area (Å²) in [6, 6.07) is 0. The van der Waals surface area contributed by atoms with Gasteiger partial charge >= 0.3 is 0 Å². The fourth-order valence-electron chi connectivity index (χ4n) is 2.98. The van der Waals surface area contributed by atoms with Gasteiger partial charge in [0.25, 0.3) is 10.0 Å². The number of nitrogens with two attached hydrogens (primary N) is 1. The molecule has 114 valence electrons. The van der Waals surface area contributed by atoms with Crippen LogP contribution in [0.15, 0.2) is 11.2 Å². The summed E-state index contributed by atoms with van der Waals surface area (Å²) in [5.41, 5.74) is 5.34. The molecule has 1 aliphatic rings. The third-order valence-electron chi connectivity index (χ3n) is 4.06. The number of nitrogens with zero attached hydrogens (tertiary/aromatic N) is 1. The molecule has 7 heteroatoms. The number of hydrogen-bond donors (Lipinski definition) is 3. The van der Waals surface area contributed by atoms with Gasteiger partial charge in [-0.15, -0.1) is 0 Å². The zero-order chi connectivity index (χ0) is 14.8. The first-order valence-electron chi connectivity index (χ1n) is 7.19. The maximum atomic E-state index is 12.5. The maximum Gasteiger partial charge on any atom is 0.258 e. The van der Waals surface area contributed by atoms with Crippen molar-refractivity contribution in [2.24, 2.45) is 11.7 Å². The zero-order valence-electron chi connectivity index (χ0n) is 12.1. The Hall–Kier alpha value is -0.920. The number of aromatic amines is 1. The highest BCUT2D eigenvalue weighted by Gasteiger charge is 2.38. The average Bonchev–Trinajstić information content (AvgIpc) is 2.88. The number of nitrogens with one attached hydrogen (secondary N) is 2. The van der Waals surface area contributed by atoms with Crippen LogP contribution in [0, 0.1) is 5.92 Å². The van der Waals surface area contributed by atoms with Gasteiger partial charge in [-0.05, 0) is 18.8 Å². The Labute approximate surface area is 120 Å². The Morgan fingerprint density at radius 2 is 2.35 bits per heavy atom. The first-order chi connectivity index (χ1) is 9.41. The number of aromatic nitrogens is 2. The zero-order valence-corrected chi connectivity index (χ0v) is 13.0. The molecule has 0 saturated heterocycles. The Balaban J connectivity index is 2.21. The van der Waals surface area contributed by atoms with E-state index in [-0.39, 0.29) is 5.03 Å². The highest BCUT2D eigenvalue weighted by atomic mass is 32.2. The quantitative estimate of drug-likeness (QED) is 0.759. The van der Waals surface area contributed by atoms with E-state index < -0.39 is 15.6 Å². The summed E-state index contributed by atoms with van der Waals surface area (Å²) in [5, 5.41) is 0.125. The van der Waals surface area contributed by atoms with Crippen LogP contribution in [-0.2, 0) is 16.4 Å². The molecule has 1 heterocycles. The van der Waals surface area contributed by atoms with Gasteiger partial charge in [-0.25, -0.2) is 18.1 Å². The number of hydrogen-bond acceptors (Lipinski definition) is 4. The van der Waals surface area contributed by atoms with Crippen molar-refractivity contribution in [3.63, 3.8) is 0 Å². The molecule has 1 aromatic rings. The predicted molar refractivity (Wildman–Crippen MR) is 77.7 cm³/mol. The van der Waals surface area contributed by atoms with Gasteiger partial charge < -0.3 is 10.7 Å². The summed E-state index contributed by atoms with van der Waals surface area (Å²) in [5.74, 6) is 1.16. The number of aryl methyl sites for hydroxylation is 1. The molecule has 4 N–H and O–H groups in total. The van der Waals surface area contributed by atoms with E-state index >= 15 is 0 Å². The van der Waals surface area contributed by atoms with Crippen molar-refractivity contribution in [3.8, 4) is 0 Å². The van der Waals surface area contributed by atoms with Crippen molar-refractivity contribution in [2.75, 3.05) is 6.54 Å². The van der Waals surface area contributed by atoms with Crippen molar-refractivity contribution in [2.45, 2.75) is 56.5 Å². The average molecular weight is 300 g/mol. The van der Waals surface area contributed by atoms with Crippen LogP contribution in [0.1, 0.15) is 45.4 Å². The third kappa shape index (κ3) is 3.21. The van der Waals surface area contributed by atoms with Crippen LogP contribution in [0.3, 0.4) is 0 Å². The summed E-state index contributed by atoms with van der Waals surface area (Å²) in [6.45, 7) is 4.39. The topological polar surface area (TPSA) is 101 Å². The molecular weight excluding hydrogens is 276 g/mol. The Kier molecular flexibility index (Phi) is 4.51. The van der Waals surface area contributed by atoms with E-state index in [1.165, 1.54) is 6.20 Å². The molecule has 6 nitrogen and oxygen atoms in total. The van der Waals surface area contributed by atoms with Crippen LogP contribution < -0.4 is 10.5 Å².